The third kappa shape index (κ3) is 4.09. The largest absolute Gasteiger partial charge is 0.313 e. The van der Waals surface area contributed by atoms with Crippen molar-refractivity contribution in [2.45, 2.75) is 51.7 Å². The Morgan fingerprint density at radius 1 is 1.47 bits per heavy atom. The summed E-state index contributed by atoms with van der Waals surface area (Å²) in [4.78, 5) is 4.07. The number of thiophene rings is 1. The van der Waals surface area contributed by atoms with Crippen LogP contribution in [0.3, 0.4) is 0 Å². The number of rotatable bonds is 5. The number of hydrogen-bond acceptors (Lipinski definition) is 3. The lowest BCUT2D eigenvalue weighted by atomic mass is 10.0. The monoisotopic (exact) mass is 252 g/mol. The molecule has 96 valence electrons. The van der Waals surface area contributed by atoms with E-state index in [-0.39, 0.29) is 0 Å². The topological polar surface area (TPSA) is 15.3 Å². The van der Waals surface area contributed by atoms with Gasteiger partial charge in [-0.1, -0.05) is 12.5 Å². The molecule has 1 N–H and O–H groups in total. The zero-order chi connectivity index (χ0) is 12.1. The fourth-order valence-electron chi connectivity index (χ4n) is 2.42. The van der Waals surface area contributed by atoms with Gasteiger partial charge in [-0.2, -0.15) is 0 Å². The van der Waals surface area contributed by atoms with E-state index in [1.165, 1.54) is 37.2 Å². The molecule has 3 heteroatoms. The molecule has 1 aliphatic heterocycles. The average molecular weight is 252 g/mol. The molecule has 0 bridgehead atoms. The summed E-state index contributed by atoms with van der Waals surface area (Å²) in [6.45, 7) is 8.10. The van der Waals surface area contributed by atoms with E-state index in [1.807, 2.05) is 11.3 Å². The van der Waals surface area contributed by atoms with Gasteiger partial charge in [-0.05, 0) is 44.7 Å². The van der Waals surface area contributed by atoms with Crippen LogP contribution in [0.4, 0.5) is 0 Å². The molecule has 0 radical (unpaired) electrons. The summed E-state index contributed by atoms with van der Waals surface area (Å²) < 4.78 is 0. The fraction of sp³-hybridized carbons (Fsp3) is 0.714. The maximum Gasteiger partial charge on any atom is 0.0331 e. The van der Waals surface area contributed by atoms with E-state index < -0.39 is 0 Å². The van der Waals surface area contributed by atoms with Crippen molar-refractivity contribution in [2.75, 3.05) is 13.1 Å². The summed E-state index contributed by atoms with van der Waals surface area (Å²) >= 11 is 1.87. The molecule has 1 fully saturated rings. The molecule has 2 heterocycles. The molecule has 0 saturated carbocycles. The lowest BCUT2D eigenvalue weighted by Gasteiger charge is -2.32. The number of nitrogens with zero attached hydrogens (tertiary/aromatic N) is 1. The van der Waals surface area contributed by atoms with Gasteiger partial charge in [0.2, 0.25) is 0 Å². The maximum absolute atomic E-state index is 3.65. The van der Waals surface area contributed by atoms with Crippen molar-refractivity contribution in [3.8, 4) is 0 Å². The molecule has 1 saturated heterocycles. The quantitative estimate of drug-likeness (QED) is 0.866. The third-order valence-electron chi connectivity index (χ3n) is 3.54. The minimum atomic E-state index is 0.626. The Morgan fingerprint density at radius 2 is 2.35 bits per heavy atom. The molecule has 0 spiro atoms. The summed E-state index contributed by atoms with van der Waals surface area (Å²) in [7, 11) is 0. The Balaban J connectivity index is 1.87. The van der Waals surface area contributed by atoms with Crippen molar-refractivity contribution in [3.63, 3.8) is 0 Å². The lowest BCUT2D eigenvalue weighted by Crippen LogP contribution is -2.45. The van der Waals surface area contributed by atoms with Crippen LogP contribution in [0.5, 0.6) is 0 Å². The van der Waals surface area contributed by atoms with E-state index in [4.69, 9.17) is 0 Å². The minimum Gasteiger partial charge on any atom is -0.313 e. The van der Waals surface area contributed by atoms with Gasteiger partial charge in [-0.15, -0.1) is 11.3 Å². The molecular formula is C14H24N2S. The van der Waals surface area contributed by atoms with E-state index in [2.05, 4.69) is 41.6 Å². The van der Waals surface area contributed by atoms with Crippen molar-refractivity contribution in [2.24, 2.45) is 0 Å². The molecule has 1 atom stereocenters. The molecule has 1 aliphatic rings. The number of hydrogen-bond donors (Lipinski definition) is 1. The highest BCUT2D eigenvalue weighted by molar-refractivity contribution is 7.09. The van der Waals surface area contributed by atoms with Gasteiger partial charge >= 0.3 is 0 Å². The second-order valence-corrected chi connectivity index (χ2v) is 6.28. The first-order valence-electron chi connectivity index (χ1n) is 6.75. The van der Waals surface area contributed by atoms with Crippen LogP contribution in [0, 0.1) is 0 Å². The molecule has 0 unspecified atom stereocenters. The maximum atomic E-state index is 3.65. The summed E-state index contributed by atoms with van der Waals surface area (Å²) in [5.74, 6) is 0. The standard InChI is InChI=1S/C14H24N2S/c1-12(2)16(11-14-7-5-9-17-14)10-13-6-3-4-8-15-13/h5,7,9,12-13,15H,3-4,6,8,10-11H2,1-2H3/t13-/m1/s1. The second-order valence-electron chi connectivity index (χ2n) is 5.25. The van der Waals surface area contributed by atoms with Crippen LogP contribution >= 0.6 is 11.3 Å². The molecule has 2 nitrogen and oxygen atoms in total. The second kappa shape index (κ2) is 6.53. The molecular weight excluding hydrogens is 228 g/mol. The predicted molar refractivity (Wildman–Crippen MR) is 75.5 cm³/mol. The fourth-order valence-corrected chi connectivity index (χ4v) is 3.15. The van der Waals surface area contributed by atoms with Gasteiger partial charge in [-0.3, -0.25) is 4.90 Å². The van der Waals surface area contributed by atoms with Crippen molar-refractivity contribution >= 4 is 11.3 Å². The summed E-state index contributed by atoms with van der Waals surface area (Å²) in [5, 5.41) is 5.82. The molecule has 0 aliphatic carbocycles. The number of nitrogens with one attached hydrogen (secondary N) is 1. The number of piperidine rings is 1. The highest BCUT2D eigenvalue weighted by Crippen LogP contribution is 2.16. The first-order chi connectivity index (χ1) is 8.25. The van der Waals surface area contributed by atoms with Crippen LogP contribution in [0.15, 0.2) is 17.5 Å². The summed E-state index contributed by atoms with van der Waals surface area (Å²) in [6.07, 6.45) is 4.08. The SMILES string of the molecule is CC(C)N(Cc1cccs1)C[C@H]1CCCCN1. The van der Waals surface area contributed by atoms with E-state index in [0.29, 0.717) is 12.1 Å². The van der Waals surface area contributed by atoms with Crippen molar-refractivity contribution in [1.29, 1.82) is 0 Å². The Labute approximate surface area is 109 Å². The predicted octanol–water partition coefficient (Wildman–Crippen LogP) is 3.10. The first kappa shape index (κ1) is 13.1. The van der Waals surface area contributed by atoms with Gasteiger partial charge in [0.15, 0.2) is 0 Å². The smallest absolute Gasteiger partial charge is 0.0331 e. The molecule has 2 rings (SSSR count). The highest BCUT2D eigenvalue weighted by atomic mass is 32.1. The molecule has 0 amide bonds. The molecule has 17 heavy (non-hydrogen) atoms. The van der Waals surface area contributed by atoms with Crippen LogP contribution in [-0.2, 0) is 6.54 Å². The molecule has 1 aromatic rings. The summed E-state index contributed by atoms with van der Waals surface area (Å²) in [6, 6.07) is 5.72. The third-order valence-corrected chi connectivity index (χ3v) is 4.40. The normalized spacial score (nSPS) is 21.3. The van der Waals surface area contributed by atoms with Gasteiger partial charge < -0.3 is 5.32 Å². The van der Waals surface area contributed by atoms with Gasteiger partial charge in [0, 0.05) is 30.1 Å². The van der Waals surface area contributed by atoms with Gasteiger partial charge in [0.05, 0.1) is 0 Å². The highest BCUT2D eigenvalue weighted by Gasteiger charge is 2.18. The van der Waals surface area contributed by atoms with Gasteiger partial charge in [0.1, 0.15) is 0 Å². The van der Waals surface area contributed by atoms with Crippen LogP contribution in [0.2, 0.25) is 0 Å². The Kier molecular flexibility index (Phi) is 5.01. The average Bonchev–Trinajstić information content (AvgIpc) is 2.82. The van der Waals surface area contributed by atoms with Crippen molar-refractivity contribution in [1.82, 2.24) is 10.2 Å². The Morgan fingerprint density at radius 3 is 2.94 bits per heavy atom. The van der Waals surface area contributed by atoms with Gasteiger partial charge in [0.25, 0.3) is 0 Å². The van der Waals surface area contributed by atoms with Crippen molar-refractivity contribution in [3.05, 3.63) is 22.4 Å². The lowest BCUT2D eigenvalue weighted by molar-refractivity contribution is 0.178. The summed E-state index contributed by atoms with van der Waals surface area (Å²) in [5.41, 5.74) is 0. The van der Waals surface area contributed by atoms with E-state index in [9.17, 15) is 0 Å². The Hall–Kier alpha value is -0.380. The zero-order valence-corrected chi connectivity index (χ0v) is 11.8. The molecule has 1 aromatic heterocycles. The van der Waals surface area contributed by atoms with Gasteiger partial charge in [-0.25, -0.2) is 0 Å². The van der Waals surface area contributed by atoms with Crippen LogP contribution in [0.25, 0.3) is 0 Å². The first-order valence-corrected chi connectivity index (χ1v) is 7.63. The minimum absolute atomic E-state index is 0.626. The van der Waals surface area contributed by atoms with Crippen molar-refractivity contribution < 1.29 is 0 Å². The zero-order valence-electron chi connectivity index (χ0n) is 11.0. The Bertz CT molecular complexity index is 302. The van der Waals surface area contributed by atoms with E-state index in [0.717, 1.165) is 6.54 Å². The van der Waals surface area contributed by atoms with Crippen LogP contribution in [0.1, 0.15) is 38.0 Å². The van der Waals surface area contributed by atoms with E-state index >= 15 is 0 Å². The van der Waals surface area contributed by atoms with Crippen LogP contribution in [-0.4, -0.2) is 30.1 Å². The molecule has 0 aromatic carbocycles. The van der Waals surface area contributed by atoms with Crippen LogP contribution < -0.4 is 5.32 Å². The van der Waals surface area contributed by atoms with E-state index in [1.54, 1.807) is 0 Å².